The van der Waals surface area contributed by atoms with Crippen LogP contribution in [0, 0.1) is 23.7 Å². The van der Waals surface area contributed by atoms with Crippen molar-refractivity contribution in [1.29, 1.82) is 0 Å². The lowest BCUT2D eigenvalue weighted by Gasteiger charge is -2.19. The van der Waals surface area contributed by atoms with Crippen molar-refractivity contribution in [3.8, 4) is 0 Å². The minimum Gasteiger partial charge on any atom is -0.368 e. The molecule has 2 fully saturated rings. The highest BCUT2D eigenvalue weighted by Gasteiger charge is 2.51. The van der Waals surface area contributed by atoms with Gasteiger partial charge in [-0.05, 0) is 24.2 Å². The lowest BCUT2D eigenvalue weighted by molar-refractivity contribution is -0.0885. The predicted molar refractivity (Wildman–Crippen MR) is 39.7 cm³/mol. The van der Waals surface area contributed by atoms with Gasteiger partial charge in [0.15, 0.2) is 6.29 Å². The molecule has 0 amide bonds. The van der Waals surface area contributed by atoms with Crippen molar-refractivity contribution < 1.29 is 9.84 Å². The third-order valence-electron chi connectivity index (χ3n) is 3.48. The summed E-state index contributed by atoms with van der Waals surface area (Å²) < 4.78 is 5.22. The maximum Gasteiger partial charge on any atom is 0.158 e. The molecule has 2 heteroatoms. The molecule has 1 saturated heterocycles. The normalized spacial score (nSPS) is 58.8. The molecule has 1 aliphatic heterocycles. The molecule has 0 aromatic carbocycles. The highest BCUT2D eigenvalue weighted by molar-refractivity contribution is 5.15. The van der Waals surface area contributed by atoms with Gasteiger partial charge in [-0.1, -0.05) is 12.2 Å². The fraction of sp³-hybridized carbons (Fsp3) is 0.778. The Morgan fingerprint density at radius 3 is 2.91 bits per heavy atom. The molecule has 11 heavy (non-hydrogen) atoms. The third kappa shape index (κ3) is 0.644. The van der Waals surface area contributed by atoms with Gasteiger partial charge >= 0.3 is 0 Å². The van der Waals surface area contributed by atoms with Gasteiger partial charge in [-0.3, -0.25) is 0 Å². The maximum absolute atomic E-state index is 9.47. The standard InChI is InChI=1S/C9H12O2/c10-9-8-6-2-1-5(3-6)7(8)4-11-9/h1-2,5-10H,3-4H2/t5?,6?,7?,8?,9-/m1/s1. The Labute approximate surface area is 65.9 Å². The van der Waals surface area contributed by atoms with E-state index in [0.717, 1.165) is 6.61 Å². The third-order valence-corrected chi connectivity index (χ3v) is 3.48. The van der Waals surface area contributed by atoms with Gasteiger partial charge in [-0.2, -0.15) is 0 Å². The first kappa shape index (κ1) is 6.21. The Balaban J connectivity index is 1.97. The Morgan fingerprint density at radius 1 is 1.27 bits per heavy atom. The van der Waals surface area contributed by atoms with Crippen molar-refractivity contribution >= 4 is 0 Å². The molecule has 1 N–H and O–H groups in total. The number of rotatable bonds is 0. The molecule has 2 bridgehead atoms. The summed E-state index contributed by atoms with van der Waals surface area (Å²) in [6, 6.07) is 0. The molecule has 0 radical (unpaired) electrons. The van der Waals surface area contributed by atoms with E-state index in [1.165, 1.54) is 6.42 Å². The number of allylic oxidation sites excluding steroid dienone is 2. The first-order valence-electron chi connectivity index (χ1n) is 4.34. The van der Waals surface area contributed by atoms with Gasteiger partial charge in [0.05, 0.1) is 6.61 Å². The number of aliphatic hydroxyl groups is 1. The van der Waals surface area contributed by atoms with Gasteiger partial charge in [0.1, 0.15) is 0 Å². The summed E-state index contributed by atoms with van der Waals surface area (Å²) in [5, 5.41) is 9.47. The van der Waals surface area contributed by atoms with Crippen LogP contribution < -0.4 is 0 Å². The fourth-order valence-electron chi connectivity index (χ4n) is 2.94. The van der Waals surface area contributed by atoms with Crippen LogP contribution in [0.2, 0.25) is 0 Å². The minimum absolute atomic E-state index is 0.421. The molecule has 0 aromatic rings. The molecule has 0 aromatic heterocycles. The van der Waals surface area contributed by atoms with Gasteiger partial charge in [0, 0.05) is 5.92 Å². The average Bonchev–Trinajstić information content (AvgIpc) is 2.60. The highest BCUT2D eigenvalue weighted by Crippen LogP contribution is 2.52. The van der Waals surface area contributed by atoms with Crippen LogP contribution in [0.25, 0.3) is 0 Å². The van der Waals surface area contributed by atoms with Gasteiger partial charge < -0.3 is 9.84 Å². The topological polar surface area (TPSA) is 29.5 Å². The summed E-state index contributed by atoms with van der Waals surface area (Å²) in [6.45, 7) is 0.775. The van der Waals surface area contributed by atoms with E-state index in [0.29, 0.717) is 23.7 Å². The largest absolute Gasteiger partial charge is 0.368 e. The molecule has 2 nitrogen and oxygen atoms in total. The van der Waals surface area contributed by atoms with Crippen molar-refractivity contribution in [2.75, 3.05) is 6.61 Å². The summed E-state index contributed by atoms with van der Waals surface area (Å²) in [5.41, 5.74) is 0. The SMILES string of the molecule is O[C@@H]1OCC2C3C=CC(C3)C21. The first-order chi connectivity index (χ1) is 5.36. The zero-order chi connectivity index (χ0) is 7.42. The zero-order valence-electron chi connectivity index (χ0n) is 6.31. The van der Waals surface area contributed by atoms with Crippen molar-refractivity contribution in [3.63, 3.8) is 0 Å². The van der Waals surface area contributed by atoms with Crippen LogP contribution in [0.4, 0.5) is 0 Å². The van der Waals surface area contributed by atoms with Crippen LogP contribution in [-0.4, -0.2) is 18.0 Å². The first-order valence-corrected chi connectivity index (χ1v) is 4.34. The summed E-state index contributed by atoms with van der Waals surface area (Å²) in [7, 11) is 0. The number of fused-ring (bicyclic) bond motifs is 5. The Morgan fingerprint density at radius 2 is 2.09 bits per heavy atom. The van der Waals surface area contributed by atoms with Crippen LogP contribution in [0.3, 0.4) is 0 Å². The lowest BCUT2D eigenvalue weighted by atomic mass is 9.85. The molecule has 3 aliphatic rings. The van der Waals surface area contributed by atoms with Gasteiger partial charge in [-0.25, -0.2) is 0 Å². The van der Waals surface area contributed by atoms with Crippen LogP contribution in [0.5, 0.6) is 0 Å². The summed E-state index contributed by atoms with van der Waals surface area (Å²) in [6.07, 6.45) is 5.34. The Hall–Kier alpha value is -0.340. The maximum atomic E-state index is 9.47. The molecule has 4 unspecified atom stereocenters. The highest BCUT2D eigenvalue weighted by atomic mass is 16.6. The van der Waals surface area contributed by atoms with E-state index < -0.39 is 6.29 Å². The molecule has 3 rings (SSSR count). The van der Waals surface area contributed by atoms with Crippen molar-refractivity contribution in [3.05, 3.63) is 12.2 Å². The van der Waals surface area contributed by atoms with E-state index in [1.807, 2.05) is 0 Å². The molecule has 0 spiro atoms. The zero-order valence-corrected chi connectivity index (χ0v) is 6.31. The van der Waals surface area contributed by atoms with Gasteiger partial charge in [-0.15, -0.1) is 0 Å². The lowest BCUT2D eigenvalue weighted by Crippen LogP contribution is -2.23. The second-order valence-electron chi connectivity index (χ2n) is 3.91. The van der Waals surface area contributed by atoms with E-state index in [9.17, 15) is 5.11 Å². The second-order valence-corrected chi connectivity index (χ2v) is 3.91. The van der Waals surface area contributed by atoms with Crippen LogP contribution >= 0.6 is 0 Å². The Bertz CT molecular complexity index is 212. The van der Waals surface area contributed by atoms with E-state index >= 15 is 0 Å². The average molecular weight is 152 g/mol. The summed E-state index contributed by atoms with van der Waals surface area (Å²) in [5.74, 6) is 2.37. The van der Waals surface area contributed by atoms with E-state index in [1.54, 1.807) is 0 Å². The van der Waals surface area contributed by atoms with E-state index in [-0.39, 0.29) is 0 Å². The summed E-state index contributed by atoms with van der Waals surface area (Å²) in [4.78, 5) is 0. The molecule has 1 heterocycles. The van der Waals surface area contributed by atoms with Gasteiger partial charge in [0.25, 0.3) is 0 Å². The predicted octanol–water partition coefficient (Wildman–Crippen LogP) is 0.773. The van der Waals surface area contributed by atoms with Crippen LogP contribution in [0.15, 0.2) is 12.2 Å². The molecule has 5 atom stereocenters. The quantitative estimate of drug-likeness (QED) is 0.519. The summed E-state index contributed by atoms with van der Waals surface area (Å²) >= 11 is 0. The molecular weight excluding hydrogens is 140 g/mol. The van der Waals surface area contributed by atoms with Crippen LogP contribution in [-0.2, 0) is 4.74 Å². The number of aliphatic hydroxyl groups excluding tert-OH is 1. The Kier molecular flexibility index (Phi) is 1.06. The minimum atomic E-state index is -0.472. The van der Waals surface area contributed by atoms with Gasteiger partial charge in [0.2, 0.25) is 0 Å². The molecule has 2 aliphatic carbocycles. The van der Waals surface area contributed by atoms with Crippen LogP contribution in [0.1, 0.15) is 6.42 Å². The van der Waals surface area contributed by atoms with Crippen molar-refractivity contribution in [2.45, 2.75) is 12.7 Å². The molecule has 60 valence electrons. The van der Waals surface area contributed by atoms with E-state index in [2.05, 4.69) is 12.2 Å². The second kappa shape index (κ2) is 1.87. The molecule has 1 saturated carbocycles. The van der Waals surface area contributed by atoms with Crippen molar-refractivity contribution in [2.24, 2.45) is 23.7 Å². The van der Waals surface area contributed by atoms with E-state index in [4.69, 9.17) is 4.74 Å². The van der Waals surface area contributed by atoms with Crippen molar-refractivity contribution in [1.82, 2.24) is 0 Å². The molecular formula is C9H12O2. The number of ether oxygens (including phenoxy) is 1. The number of hydrogen-bond donors (Lipinski definition) is 1. The fourth-order valence-corrected chi connectivity index (χ4v) is 2.94. The monoisotopic (exact) mass is 152 g/mol. The number of hydrogen-bond acceptors (Lipinski definition) is 2. The smallest absolute Gasteiger partial charge is 0.158 e.